The Kier molecular flexibility index (Phi) is 5.58. The highest BCUT2D eigenvalue weighted by Gasteiger charge is 2.13. The molecule has 0 aliphatic rings. The molecule has 0 N–H and O–H groups in total. The highest BCUT2D eigenvalue weighted by Crippen LogP contribution is 2.35. The molecule has 0 aliphatic carbocycles. The van der Waals surface area contributed by atoms with Crippen LogP contribution in [0.15, 0.2) is 97.1 Å². The van der Waals surface area contributed by atoms with Crippen LogP contribution in [0.4, 0.5) is 0 Å². The van der Waals surface area contributed by atoms with Gasteiger partial charge in [0.15, 0.2) is 0 Å². The molecule has 1 heterocycles. The van der Waals surface area contributed by atoms with Crippen LogP contribution in [0, 0.1) is 0 Å². The van der Waals surface area contributed by atoms with Crippen molar-refractivity contribution in [2.24, 2.45) is 0 Å². The number of nitrogens with zero attached hydrogens (tertiary/aromatic N) is 1. The summed E-state index contributed by atoms with van der Waals surface area (Å²) in [5, 5.41) is 2.70. The predicted molar refractivity (Wildman–Crippen MR) is 134 cm³/mol. The Morgan fingerprint density at radius 1 is 0.516 bits per heavy atom. The molecule has 0 bridgehead atoms. The summed E-state index contributed by atoms with van der Waals surface area (Å²) in [5.74, 6) is 0. The number of hydrogen-bond donors (Lipinski definition) is 0. The maximum atomic E-state index is 2.53. The van der Waals surface area contributed by atoms with E-state index in [0.29, 0.717) is 0 Å². The van der Waals surface area contributed by atoms with Gasteiger partial charge >= 0.3 is 0 Å². The molecule has 0 saturated carbocycles. The van der Waals surface area contributed by atoms with E-state index in [9.17, 15) is 0 Å². The van der Waals surface area contributed by atoms with Gasteiger partial charge in [0.2, 0.25) is 0 Å². The summed E-state index contributed by atoms with van der Waals surface area (Å²) >= 11 is 0. The number of aromatic nitrogens is 1. The third-order valence-corrected chi connectivity index (χ3v) is 6.31. The van der Waals surface area contributed by atoms with Crippen LogP contribution >= 0.6 is 0 Å². The van der Waals surface area contributed by atoms with Crippen molar-refractivity contribution in [1.29, 1.82) is 0 Å². The second-order valence-electron chi connectivity index (χ2n) is 8.41. The van der Waals surface area contributed by atoms with Crippen molar-refractivity contribution in [3.05, 3.63) is 97.1 Å². The highest BCUT2D eigenvalue weighted by molar-refractivity contribution is 6.10. The zero-order valence-corrected chi connectivity index (χ0v) is 18.2. The van der Waals surface area contributed by atoms with Crippen LogP contribution in [0.2, 0.25) is 0 Å². The first-order valence-electron chi connectivity index (χ1n) is 11.5. The maximum Gasteiger partial charge on any atom is 0.0491 e. The van der Waals surface area contributed by atoms with Gasteiger partial charge in [-0.1, -0.05) is 99.0 Å². The van der Waals surface area contributed by atoms with Crippen molar-refractivity contribution in [2.45, 2.75) is 39.2 Å². The molecule has 0 unspecified atom stereocenters. The molecular formula is C30H29N. The first-order chi connectivity index (χ1) is 15.3. The molecule has 0 fully saturated rings. The third kappa shape index (κ3) is 3.88. The fourth-order valence-electron chi connectivity index (χ4n) is 4.66. The van der Waals surface area contributed by atoms with E-state index < -0.39 is 0 Å². The van der Waals surface area contributed by atoms with Gasteiger partial charge in [0.05, 0.1) is 0 Å². The van der Waals surface area contributed by atoms with E-state index in [1.165, 1.54) is 69.7 Å². The molecule has 0 radical (unpaired) electrons. The van der Waals surface area contributed by atoms with Crippen molar-refractivity contribution in [2.75, 3.05) is 0 Å². The van der Waals surface area contributed by atoms with Gasteiger partial charge in [-0.3, -0.25) is 0 Å². The molecule has 5 rings (SSSR count). The fourth-order valence-corrected chi connectivity index (χ4v) is 4.66. The molecule has 0 aliphatic heterocycles. The molecule has 0 saturated heterocycles. The van der Waals surface area contributed by atoms with E-state index in [1.54, 1.807) is 0 Å². The predicted octanol–water partition coefficient (Wildman–Crippen LogP) is 8.71. The maximum absolute atomic E-state index is 2.53. The minimum absolute atomic E-state index is 1.08. The Morgan fingerprint density at radius 3 is 1.52 bits per heavy atom. The Hall–Kier alpha value is -3.32. The average molecular weight is 404 g/mol. The van der Waals surface area contributed by atoms with Crippen molar-refractivity contribution < 1.29 is 0 Å². The van der Waals surface area contributed by atoms with Crippen LogP contribution in [0.3, 0.4) is 0 Å². The summed E-state index contributed by atoms with van der Waals surface area (Å²) in [6, 6.07) is 35.3. The molecule has 0 atom stereocenters. The number of unbranched alkanes of at least 4 members (excludes halogenated alkanes) is 3. The summed E-state index contributed by atoms with van der Waals surface area (Å²) in [7, 11) is 0. The number of hydrogen-bond acceptors (Lipinski definition) is 0. The van der Waals surface area contributed by atoms with Crippen LogP contribution in [0.5, 0.6) is 0 Å². The first-order valence-corrected chi connectivity index (χ1v) is 11.5. The van der Waals surface area contributed by atoms with Crippen molar-refractivity contribution in [3.8, 4) is 22.3 Å². The zero-order valence-electron chi connectivity index (χ0n) is 18.2. The lowest BCUT2D eigenvalue weighted by molar-refractivity contribution is 0.602. The van der Waals surface area contributed by atoms with Crippen molar-refractivity contribution in [3.63, 3.8) is 0 Å². The van der Waals surface area contributed by atoms with Gasteiger partial charge in [-0.2, -0.15) is 0 Å². The minimum Gasteiger partial charge on any atom is -0.340 e. The molecule has 1 nitrogen and oxygen atoms in total. The summed E-state index contributed by atoms with van der Waals surface area (Å²) in [6.45, 7) is 3.35. The molecule has 5 aromatic rings. The molecule has 1 aromatic heterocycles. The Morgan fingerprint density at radius 2 is 1.03 bits per heavy atom. The van der Waals surface area contributed by atoms with Gasteiger partial charge in [0.1, 0.15) is 0 Å². The van der Waals surface area contributed by atoms with E-state index in [4.69, 9.17) is 0 Å². The topological polar surface area (TPSA) is 4.93 Å². The Balaban J connectivity index is 1.67. The number of aryl methyl sites for hydroxylation is 1. The molecule has 0 spiro atoms. The second-order valence-corrected chi connectivity index (χ2v) is 8.41. The van der Waals surface area contributed by atoms with Crippen LogP contribution in [-0.2, 0) is 6.54 Å². The van der Waals surface area contributed by atoms with E-state index >= 15 is 0 Å². The van der Waals surface area contributed by atoms with Gasteiger partial charge in [-0.25, -0.2) is 0 Å². The van der Waals surface area contributed by atoms with Gasteiger partial charge in [0, 0.05) is 28.4 Å². The Labute approximate surface area is 185 Å². The van der Waals surface area contributed by atoms with Crippen LogP contribution in [0.25, 0.3) is 44.1 Å². The summed E-state index contributed by atoms with van der Waals surface area (Å²) in [4.78, 5) is 0. The highest BCUT2D eigenvalue weighted by atomic mass is 15.0. The minimum atomic E-state index is 1.08. The number of benzene rings is 4. The fraction of sp³-hybridized carbons (Fsp3) is 0.200. The lowest BCUT2D eigenvalue weighted by Gasteiger charge is -2.08. The second kappa shape index (κ2) is 8.81. The lowest BCUT2D eigenvalue weighted by Crippen LogP contribution is -1.97. The summed E-state index contributed by atoms with van der Waals surface area (Å²) in [6.07, 6.45) is 5.11. The summed E-state index contributed by atoms with van der Waals surface area (Å²) in [5.41, 5.74) is 7.79. The molecule has 0 amide bonds. The normalized spacial score (nSPS) is 11.4. The standard InChI is InChI=1S/C30H29N/c1-2-3-4-11-20-31-29-18-16-25(23-12-7-5-8-13-23)21-27(29)28-22-26(17-19-30(28)31)24-14-9-6-10-15-24/h5-10,12-19,21-22H,2-4,11,20H2,1H3. The SMILES string of the molecule is CCCCCCn1c2ccc(-c3ccccc3)cc2c2cc(-c3ccccc3)ccc21. The summed E-state index contributed by atoms with van der Waals surface area (Å²) < 4.78 is 2.53. The van der Waals surface area contributed by atoms with E-state index in [-0.39, 0.29) is 0 Å². The van der Waals surface area contributed by atoms with Gasteiger partial charge in [0.25, 0.3) is 0 Å². The van der Waals surface area contributed by atoms with Crippen LogP contribution < -0.4 is 0 Å². The molecule has 1 heteroatoms. The largest absolute Gasteiger partial charge is 0.340 e. The molecule has 154 valence electrons. The molecule has 31 heavy (non-hydrogen) atoms. The van der Waals surface area contributed by atoms with Crippen molar-refractivity contribution >= 4 is 21.8 Å². The number of fused-ring (bicyclic) bond motifs is 3. The molecular weight excluding hydrogens is 374 g/mol. The van der Waals surface area contributed by atoms with Crippen LogP contribution in [0.1, 0.15) is 32.6 Å². The van der Waals surface area contributed by atoms with E-state index in [0.717, 1.165) is 6.54 Å². The quantitative estimate of drug-likeness (QED) is 0.239. The van der Waals surface area contributed by atoms with Crippen molar-refractivity contribution in [1.82, 2.24) is 4.57 Å². The number of rotatable bonds is 7. The van der Waals surface area contributed by atoms with Gasteiger partial charge in [-0.15, -0.1) is 0 Å². The zero-order chi connectivity index (χ0) is 21.0. The first kappa shape index (κ1) is 19.6. The Bertz CT molecular complexity index is 1200. The monoisotopic (exact) mass is 403 g/mol. The average Bonchev–Trinajstić information content (AvgIpc) is 3.15. The van der Waals surface area contributed by atoms with Crippen LogP contribution in [-0.4, -0.2) is 4.57 Å². The van der Waals surface area contributed by atoms with Gasteiger partial charge in [-0.05, 0) is 52.9 Å². The van der Waals surface area contributed by atoms with Gasteiger partial charge < -0.3 is 4.57 Å². The smallest absolute Gasteiger partial charge is 0.0491 e. The van der Waals surface area contributed by atoms with E-state index in [2.05, 4.69) is 109 Å². The third-order valence-electron chi connectivity index (χ3n) is 6.31. The molecule has 4 aromatic carbocycles. The van der Waals surface area contributed by atoms with E-state index in [1.807, 2.05) is 0 Å². The lowest BCUT2D eigenvalue weighted by atomic mass is 10.0.